The van der Waals surface area contributed by atoms with Gasteiger partial charge in [-0.25, -0.2) is 0 Å². The molecule has 4 heteroatoms. The van der Waals surface area contributed by atoms with Crippen LogP contribution in [-0.4, -0.2) is 30.7 Å². The Kier molecular flexibility index (Phi) is 5.86. The van der Waals surface area contributed by atoms with Crippen molar-refractivity contribution in [2.75, 3.05) is 6.61 Å². The van der Waals surface area contributed by atoms with Gasteiger partial charge in [0.25, 0.3) is 0 Å². The Bertz CT molecular complexity index is 952. The van der Waals surface area contributed by atoms with E-state index in [-0.39, 0.29) is 24.0 Å². The van der Waals surface area contributed by atoms with Crippen molar-refractivity contribution in [2.45, 2.75) is 43.9 Å². The molecular weight excluding hydrogens is 388 g/mol. The summed E-state index contributed by atoms with van der Waals surface area (Å²) in [7, 11) is 0. The van der Waals surface area contributed by atoms with Crippen LogP contribution in [0.4, 0.5) is 0 Å². The van der Waals surface area contributed by atoms with Crippen LogP contribution in [0.15, 0.2) is 84.5 Å². The summed E-state index contributed by atoms with van der Waals surface area (Å²) in [5.41, 5.74) is 2.69. The Morgan fingerprint density at radius 3 is 2.16 bits per heavy atom. The molecular formula is C27H28O4. The number of benzene rings is 2. The van der Waals surface area contributed by atoms with Gasteiger partial charge in [-0.1, -0.05) is 78.9 Å². The molecule has 1 heterocycles. The highest BCUT2D eigenvalue weighted by molar-refractivity contribution is 5.75. The van der Waals surface area contributed by atoms with Crippen molar-refractivity contribution in [3.05, 3.63) is 95.6 Å². The van der Waals surface area contributed by atoms with Gasteiger partial charge in [-0.2, -0.15) is 0 Å². The molecule has 0 bridgehead atoms. The first kappa shape index (κ1) is 20.4. The van der Waals surface area contributed by atoms with Gasteiger partial charge in [0.05, 0.1) is 37.6 Å². The molecule has 0 amide bonds. The van der Waals surface area contributed by atoms with E-state index >= 15 is 0 Å². The molecule has 2 aromatic rings. The van der Waals surface area contributed by atoms with Crippen LogP contribution in [0.25, 0.3) is 0 Å². The molecule has 2 aliphatic carbocycles. The fraction of sp³-hybridized carbons (Fsp3) is 0.370. The second kappa shape index (κ2) is 8.91. The summed E-state index contributed by atoms with van der Waals surface area (Å²) < 4.78 is 19.2. The van der Waals surface area contributed by atoms with Gasteiger partial charge in [0.1, 0.15) is 6.29 Å². The third-order valence-corrected chi connectivity index (χ3v) is 6.86. The minimum absolute atomic E-state index is 0.0292. The van der Waals surface area contributed by atoms with Gasteiger partial charge in [0.2, 0.25) is 0 Å². The number of rotatable bonds is 7. The molecule has 4 nitrogen and oxygen atoms in total. The van der Waals surface area contributed by atoms with Crippen molar-refractivity contribution in [2.24, 2.45) is 11.8 Å². The zero-order valence-corrected chi connectivity index (χ0v) is 17.6. The first-order chi connectivity index (χ1) is 15.3. The van der Waals surface area contributed by atoms with E-state index in [2.05, 4.69) is 36.4 Å². The lowest BCUT2D eigenvalue weighted by atomic mass is 9.69. The molecule has 5 rings (SSSR count). The Morgan fingerprint density at radius 1 is 0.935 bits per heavy atom. The first-order valence-corrected chi connectivity index (χ1v) is 11.1. The van der Waals surface area contributed by atoms with E-state index < -0.39 is 5.60 Å². The lowest BCUT2D eigenvalue weighted by Gasteiger charge is -2.43. The van der Waals surface area contributed by atoms with Gasteiger partial charge in [-0.05, 0) is 23.1 Å². The lowest BCUT2D eigenvalue weighted by molar-refractivity contribution is -0.111. The standard InChI is InChI=1S/C27H28O4/c28-17-22-12-14-27(13-7-15-31-27)26-24(30-19-21-10-5-2-6-11-21)16-23(25(22)26)29-18-20-8-3-1-4-9-20/h1-13,17,23-26H,14-16,18-19H2/t23-,24+,25-,26+,27-/m0/s1. The molecule has 1 fully saturated rings. The van der Waals surface area contributed by atoms with Crippen molar-refractivity contribution < 1.29 is 19.0 Å². The number of carbonyl (C=O) groups excluding carboxylic acids is 1. The van der Waals surface area contributed by atoms with E-state index in [1.165, 1.54) is 0 Å². The molecule has 0 N–H and O–H groups in total. The molecule has 5 atom stereocenters. The summed E-state index contributed by atoms with van der Waals surface area (Å²) in [5, 5.41) is 0. The molecule has 160 valence electrons. The highest BCUT2D eigenvalue weighted by Crippen LogP contribution is 2.53. The van der Waals surface area contributed by atoms with Gasteiger partial charge < -0.3 is 14.2 Å². The van der Waals surface area contributed by atoms with E-state index in [4.69, 9.17) is 14.2 Å². The molecule has 2 aromatic carbocycles. The molecule has 3 aliphatic rings. The molecule has 0 unspecified atom stereocenters. The number of hydrogen-bond acceptors (Lipinski definition) is 4. The van der Waals surface area contributed by atoms with Crippen LogP contribution in [0.3, 0.4) is 0 Å². The topological polar surface area (TPSA) is 44.8 Å². The maximum absolute atomic E-state index is 12.0. The lowest BCUT2D eigenvalue weighted by Crippen LogP contribution is -2.48. The zero-order valence-electron chi connectivity index (χ0n) is 17.6. The van der Waals surface area contributed by atoms with Crippen molar-refractivity contribution in [1.29, 1.82) is 0 Å². The Hall–Kier alpha value is -2.53. The van der Waals surface area contributed by atoms with E-state index in [1.807, 2.05) is 42.5 Å². The normalized spacial score (nSPS) is 31.5. The van der Waals surface area contributed by atoms with E-state index in [0.717, 1.165) is 29.4 Å². The second-order valence-corrected chi connectivity index (χ2v) is 8.65. The van der Waals surface area contributed by atoms with Crippen LogP contribution in [0.5, 0.6) is 0 Å². The van der Waals surface area contributed by atoms with E-state index in [9.17, 15) is 4.79 Å². The molecule has 1 spiro atoms. The van der Waals surface area contributed by atoms with Crippen molar-refractivity contribution >= 4 is 6.29 Å². The van der Waals surface area contributed by atoms with Crippen molar-refractivity contribution in [3.8, 4) is 0 Å². The fourth-order valence-electron chi connectivity index (χ4n) is 5.43. The van der Waals surface area contributed by atoms with Crippen LogP contribution in [-0.2, 0) is 32.2 Å². The third-order valence-electron chi connectivity index (χ3n) is 6.86. The highest BCUT2D eigenvalue weighted by atomic mass is 16.5. The smallest absolute Gasteiger partial charge is 0.146 e. The predicted octanol–water partition coefficient (Wildman–Crippen LogP) is 4.65. The minimum atomic E-state index is -0.413. The quantitative estimate of drug-likeness (QED) is 0.487. The van der Waals surface area contributed by atoms with Gasteiger partial charge in [-0.15, -0.1) is 0 Å². The Labute approximate surface area is 183 Å². The monoisotopic (exact) mass is 416 g/mol. The second-order valence-electron chi connectivity index (χ2n) is 8.65. The summed E-state index contributed by atoms with van der Waals surface area (Å²) >= 11 is 0. The number of ether oxygens (including phenoxy) is 3. The third kappa shape index (κ3) is 4.03. The molecule has 31 heavy (non-hydrogen) atoms. The van der Waals surface area contributed by atoms with Gasteiger partial charge in [-0.3, -0.25) is 4.79 Å². The first-order valence-electron chi connectivity index (χ1n) is 11.1. The minimum Gasteiger partial charge on any atom is -0.373 e. The average molecular weight is 417 g/mol. The number of carbonyl (C=O) groups is 1. The fourth-order valence-corrected chi connectivity index (χ4v) is 5.43. The summed E-state index contributed by atoms with van der Waals surface area (Å²) in [5.74, 6) is 0.0272. The number of fused-ring (bicyclic) bond motifs is 2. The molecule has 1 aliphatic heterocycles. The van der Waals surface area contributed by atoms with Crippen molar-refractivity contribution in [3.63, 3.8) is 0 Å². The van der Waals surface area contributed by atoms with Gasteiger partial charge >= 0.3 is 0 Å². The average Bonchev–Trinajstić information content (AvgIpc) is 3.44. The zero-order chi connectivity index (χ0) is 21.1. The van der Waals surface area contributed by atoms with Crippen LogP contribution >= 0.6 is 0 Å². The number of aldehydes is 1. The van der Waals surface area contributed by atoms with Crippen LogP contribution in [0.1, 0.15) is 24.0 Å². The van der Waals surface area contributed by atoms with Crippen LogP contribution in [0, 0.1) is 11.8 Å². The van der Waals surface area contributed by atoms with Crippen molar-refractivity contribution in [1.82, 2.24) is 0 Å². The summed E-state index contributed by atoms with van der Waals surface area (Å²) in [6, 6.07) is 20.4. The summed E-state index contributed by atoms with van der Waals surface area (Å²) in [6.45, 7) is 1.67. The molecule has 0 radical (unpaired) electrons. The SMILES string of the molecule is O=CC1=CC[C@@]2(C=CCO2)[C@H]2[C@@H]1[C@@H](OCc1ccccc1)C[C@H]2OCc1ccccc1. The van der Waals surface area contributed by atoms with Crippen LogP contribution < -0.4 is 0 Å². The van der Waals surface area contributed by atoms with E-state index in [1.54, 1.807) is 0 Å². The van der Waals surface area contributed by atoms with Gasteiger partial charge in [0.15, 0.2) is 0 Å². The van der Waals surface area contributed by atoms with Crippen LogP contribution in [0.2, 0.25) is 0 Å². The maximum atomic E-state index is 12.0. The molecule has 0 saturated heterocycles. The Morgan fingerprint density at radius 2 is 1.58 bits per heavy atom. The Balaban J connectivity index is 1.41. The molecule has 1 saturated carbocycles. The molecule has 0 aromatic heterocycles. The van der Waals surface area contributed by atoms with Gasteiger partial charge in [0, 0.05) is 18.3 Å². The highest BCUT2D eigenvalue weighted by Gasteiger charge is 2.58. The maximum Gasteiger partial charge on any atom is 0.146 e. The van der Waals surface area contributed by atoms with E-state index in [0.29, 0.717) is 26.2 Å². The summed E-state index contributed by atoms with van der Waals surface area (Å²) in [4.78, 5) is 12.0. The summed E-state index contributed by atoms with van der Waals surface area (Å²) in [6.07, 6.45) is 8.64. The predicted molar refractivity (Wildman–Crippen MR) is 118 cm³/mol. The number of hydrogen-bond donors (Lipinski definition) is 0. The largest absolute Gasteiger partial charge is 0.373 e.